The number of rotatable bonds is 5. The molecule has 0 bridgehead atoms. The van der Waals surface area contributed by atoms with Gasteiger partial charge in [-0.15, -0.1) is 0 Å². The van der Waals surface area contributed by atoms with Crippen LogP contribution in [-0.2, 0) is 0 Å². The number of hydrogen-bond donors (Lipinski definition) is 3. The lowest BCUT2D eigenvalue weighted by Crippen LogP contribution is -2.33. The number of anilines is 1. The van der Waals surface area contributed by atoms with E-state index in [-0.39, 0.29) is 5.91 Å². The number of hydrogen-bond acceptors (Lipinski definition) is 5. The highest BCUT2D eigenvalue weighted by Crippen LogP contribution is 2.18. The van der Waals surface area contributed by atoms with Gasteiger partial charge in [-0.05, 0) is 51.8 Å². The molecule has 0 spiro atoms. The number of likely N-dealkylation sites (tertiary alicyclic amines) is 1. The summed E-state index contributed by atoms with van der Waals surface area (Å²) in [7, 11) is 0. The number of aryl methyl sites for hydroxylation is 1. The monoisotopic (exact) mass is 291 g/mol. The second kappa shape index (κ2) is 6.87. The van der Waals surface area contributed by atoms with Gasteiger partial charge in [0.05, 0.1) is 0 Å². The summed E-state index contributed by atoms with van der Waals surface area (Å²) in [5, 5.41) is 3.02. The standard InChI is InChI=1S/C15H25N5O/c1-10(2)20-5-4-12(9-20)8-17-15(21)13-6-11(3)18-14(7-13)19-16/h6-7,10,12H,4-5,8-9,16H2,1-3H3,(H,17,21)(H,18,19). The van der Waals surface area contributed by atoms with E-state index in [0.717, 1.165) is 31.7 Å². The Morgan fingerprint density at radius 2 is 2.29 bits per heavy atom. The number of nitrogens with one attached hydrogen (secondary N) is 2. The topological polar surface area (TPSA) is 83.3 Å². The number of pyridine rings is 1. The van der Waals surface area contributed by atoms with Crippen LogP contribution in [-0.4, -0.2) is 41.5 Å². The molecule has 1 amide bonds. The average molecular weight is 291 g/mol. The van der Waals surface area contributed by atoms with Crippen LogP contribution < -0.4 is 16.6 Å². The van der Waals surface area contributed by atoms with Crippen molar-refractivity contribution in [3.63, 3.8) is 0 Å². The van der Waals surface area contributed by atoms with E-state index >= 15 is 0 Å². The molecular weight excluding hydrogens is 266 g/mol. The van der Waals surface area contributed by atoms with Crippen LogP contribution in [0.5, 0.6) is 0 Å². The summed E-state index contributed by atoms with van der Waals surface area (Å²) in [5.74, 6) is 6.33. The molecule has 6 heteroatoms. The van der Waals surface area contributed by atoms with Gasteiger partial charge < -0.3 is 15.6 Å². The maximum absolute atomic E-state index is 12.2. The van der Waals surface area contributed by atoms with Crippen molar-refractivity contribution < 1.29 is 4.79 Å². The van der Waals surface area contributed by atoms with Gasteiger partial charge in [-0.1, -0.05) is 0 Å². The number of carbonyl (C=O) groups excluding carboxylic acids is 1. The van der Waals surface area contributed by atoms with E-state index in [2.05, 4.69) is 34.5 Å². The lowest BCUT2D eigenvalue weighted by atomic mass is 10.1. The van der Waals surface area contributed by atoms with Crippen molar-refractivity contribution in [2.45, 2.75) is 33.2 Å². The zero-order chi connectivity index (χ0) is 15.4. The van der Waals surface area contributed by atoms with Crippen LogP contribution in [0.4, 0.5) is 5.82 Å². The van der Waals surface area contributed by atoms with E-state index in [9.17, 15) is 4.79 Å². The van der Waals surface area contributed by atoms with Crippen LogP contribution in [0.2, 0.25) is 0 Å². The van der Waals surface area contributed by atoms with Gasteiger partial charge in [0.25, 0.3) is 5.91 Å². The Balaban J connectivity index is 1.89. The fourth-order valence-corrected chi connectivity index (χ4v) is 2.71. The van der Waals surface area contributed by atoms with Crippen LogP contribution >= 0.6 is 0 Å². The highest BCUT2D eigenvalue weighted by molar-refractivity contribution is 5.94. The predicted octanol–water partition coefficient (Wildman–Crippen LogP) is 1.14. The molecule has 0 aliphatic carbocycles. The van der Waals surface area contributed by atoms with Gasteiger partial charge in [0, 0.05) is 30.4 Å². The molecule has 2 rings (SSSR count). The minimum absolute atomic E-state index is 0.0694. The van der Waals surface area contributed by atoms with Gasteiger partial charge in [-0.25, -0.2) is 10.8 Å². The molecule has 6 nitrogen and oxygen atoms in total. The number of carbonyl (C=O) groups is 1. The van der Waals surface area contributed by atoms with E-state index in [1.807, 2.05) is 6.92 Å². The Morgan fingerprint density at radius 3 is 2.90 bits per heavy atom. The molecule has 0 saturated carbocycles. The Bertz CT molecular complexity index is 503. The number of amides is 1. The van der Waals surface area contributed by atoms with Crippen molar-refractivity contribution >= 4 is 11.7 Å². The highest BCUT2D eigenvalue weighted by Gasteiger charge is 2.24. The molecule has 4 N–H and O–H groups in total. The van der Waals surface area contributed by atoms with Gasteiger partial charge in [-0.2, -0.15) is 0 Å². The fourth-order valence-electron chi connectivity index (χ4n) is 2.71. The first-order valence-electron chi connectivity index (χ1n) is 7.47. The van der Waals surface area contributed by atoms with Gasteiger partial charge in [0.15, 0.2) is 0 Å². The van der Waals surface area contributed by atoms with Gasteiger partial charge in [0.1, 0.15) is 5.82 Å². The molecule has 2 heterocycles. The van der Waals surface area contributed by atoms with Gasteiger partial charge in [-0.3, -0.25) is 4.79 Å². The third-order valence-corrected chi connectivity index (χ3v) is 3.96. The van der Waals surface area contributed by atoms with E-state index in [4.69, 9.17) is 5.84 Å². The summed E-state index contributed by atoms with van der Waals surface area (Å²) in [6.45, 7) is 9.16. The Labute approximate surface area is 126 Å². The number of aromatic nitrogens is 1. The SMILES string of the molecule is Cc1cc(C(=O)NCC2CCN(C(C)C)C2)cc(NN)n1. The van der Waals surface area contributed by atoms with Crippen molar-refractivity contribution in [3.8, 4) is 0 Å². The summed E-state index contributed by atoms with van der Waals surface area (Å²) >= 11 is 0. The van der Waals surface area contributed by atoms with E-state index in [0.29, 0.717) is 23.3 Å². The molecule has 1 unspecified atom stereocenters. The number of hydrazine groups is 1. The Morgan fingerprint density at radius 1 is 1.52 bits per heavy atom. The van der Waals surface area contributed by atoms with Crippen molar-refractivity contribution in [1.29, 1.82) is 0 Å². The van der Waals surface area contributed by atoms with E-state index in [1.165, 1.54) is 0 Å². The normalized spacial score (nSPS) is 19.0. The number of nitrogens with two attached hydrogens (primary N) is 1. The Kier molecular flexibility index (Phi) is 5.14. The van der Waals surface area contributed by atoms with Gasteiger partial charge >= 0.3 is 0 Å². The average Bonchev–Trinajstić information content (AvgIpc) is 2.93. The Hall–Kier alpha value is -1.66. The lowest BCUT2D eigenvalue weighted by Gasteiger charge is -2.20. The van der Waals surface area contributed by atoms with Crippen LogP contribution in [0.3, 0.4) is 0 Å². The molecule has 116 valence electrons. The van der Waals surface area contributed by atoms with Crippen molar-refractivity contribution in [2.75, 3.05) is 25.1 Å². The second-order valence-corrected chi connectivity index (χ2v) is 5.98. The van der Waals surface area contributed by atoms with Crippen LogP contribution in [0.1, 0.15) is 36.3 Å². The van der Waals surface area contributed by atoms with Crippen molar-refractivity contribution in [1.82, 2.24) is 15.2 Å². The summed E-state index contributed by atoms with van der Waals surface area (Å²) in [4.78, 5) is 18.8. The third kappa shape index (κ3) is 4.15. The smallest absolute Gasteiger partial charge is 0.251 e. The van der Waals surface area contributed by atoms with Crippen LogP contribution in [0, 0.1) is 12.8 Å². The zero-order valence-electron chi connectivity index (χ0n) is 13.0. The lowest BCUT2D eigenvalue weighted by molar-refractivity contribution is 0.0947. The van der Waals surface area contributed by atoms with Crippen LogP contribution in [0.15, 0.2) is 12.1 Å². The molecule has 1 aromatic heterocycles. The first kappa shape index (κ1) is 15.7. The summed E-state index contributed by atoms with van der Waals surface area (Å²) < 4.78 is 0. The largest absolute Gasteiger partial charge is 0.352 e. The summed E-state index contributed by atoms with van der Waals surface area (Å²) in [6, 6.07) is 4.01. The first-order chi connectivity index (χ1) is 9.99. The number of nitrogen functional groups attached to an aromatic ring is 1. The van der Waals surface area contributed by atoms with Crippen molar-refractivity contribution in [3.05, 3.63) is 23.4 Å². The maximum Gasteiger partial charge on any atom is 0.251 e. The molecule has 1 aliphatic rings. The van der Waals surface area contributed by atoms with Gasteiger partial charge in [0.2, 0.25) is 0 Å². The molecule has 0 aromatic carbocycles. The zero-order valence-corrected chi connectivity index (χ0v) is 13.0. The molecule has 1 saturated heterocycles. The first-order valence-corrected chi connectivity index (χ1v) is 7.47. The molecule has 1 fully saturated rings. The summed E-state index contributed by atoms with van der Waals surface area (Å²) in [5.41, 5.74) is 3.84. The molecule has 1 aliphatic heterocycles. The van der Waals surface area contributed by atoms with E-state index in [1.54, 1.807) is 12.1 Å². The van der Waals surface area contributed by atoms with Crippen LogP contribution in [0.25, 0.3) is 0 Å². The maximum atomic E-state index is 12.2. The summed E-state index contributed by atoms with van der Waals surface area (Å²) in [6.07, 6.45) is 1.14. The molecule has 0 radical (unpaired) electrons. The molecule has 1 atom stereocenters. The fraction of sp³-hybridized carbons (Fsp3) is 0.600. The van der Waals surface area contributed by atoms with E-state index < -0.39 is 0 Å². The molecule has 21 heavy (non-hydrogen) atoms. The third-order valence-electron chi connectivity index (χ3n) is 3.96. The quantitative estimate of drug-likeness (QED) is 0.559. The second-order valence-electron chi connectivity index (χ2n) is 5.98. The minimum atomic E-state index is -0.0694. The number of nitrogens with zero attached hydrogens (tertiary/aromatic N) is 2. The highest BCUT2D eigenvalue weighted by atomic mass is 16.1. The van der Waals surface area contributed by atoms with Crippen molar-refractivity contribution in [2.24, 2.45) is 11.8 Å². The predicted molar refractivity (Wildman–Crippen MR) is 83.9 cm³/mol. The molecule has 1 aromatic rings. The minimum Gasteiger partial charge on any atom is -0.352 e. The molecular formula is C15H25N5O.